The van der Waals surface area contributed by atoms with Crippen molar-refractivity contribution in [3.05, 3.63) is 0 Å². The van der Waals surface area contributed by atoms with Crippen LogP contribution in [0.2, 0.25) is 0 Å². The van der Waals surface area contributed by atoms with E-state index in [-0.39, 0.29) is 11.3 Å². The highest BCUT2D eigenvalue weighted by atomic mass is 16.4. The minimum atomic E-state index is -0.871. The molecular formula is C14H23NO3. The summed E-state index contributed by atoms with van der Waals surface area (Å²) in [5, 5.41) is 11.9. The standard InChI is InChI=1S/C14H23NO3/c1-9(2)10-4-3-6-14(7-5-10)8-11(16)15-12(14)13(17)18/h9-10,12H,3-8H2,1-2H3,(H,15,16)(H,17,18). The van der Waals surface area contributed by atoms with Crippen molar-refractivity contribution in [3.8, 4) is 0 Å². The van der Waals surface area contributed by atoms with Gasteiger partial charge >= 0.3 is 5.97 Å². The largest absolute Gasteiger partial charge is 0.480 e. The third-order valence-corrected chi connectivity index (χ3v) is 4.88. The summed E-state index contributed by atoms with van der Waals surface area (Å²) in [6.45, 7) is 4.46. The Morgan fingerprint density at radius 2 is 2.11 bits per heavy atom. The van der Waals surface area contributed by atoms with E-state index in [1.165, 1.54) is 6.42 Å². The van der Waals surface area contributed by atoms with Crippen LogP contribution in [-0.2, 0) is 9.59 Å². The number of hydrogen-bond acceptors (Lipinski definition) is 2. The van der Waals surface area contributed by atoms with Gasteiger partial charge in [0.1, 0.15) is 6.04 Å². The molecule has 102 valence electrons. The van der Waals surface area contributed by atoms with E-state index in [0.29, 0.717) is 18.3 Å². The molecule has 0 radical (unpaired) electrons. The summed E-state index contributed by atoms with van der Waals surface area (Å²) in [4.78, 5) is 22.9. The van der Waals surface area contributed by atoms with Crippen molar-refractivity contribution in [2.45, 2.75) is 58.4 Å². The highest BCUT2D eigenvalue weighted by Crippen LogP contribution is 2.46. The predicted octanol–water partition coefficient (Wildman–Crippen LogP) is 2.18. The molecule has 18 heavy (non-hydrogen) atoms. The molecule has 1 spiro atoms. The first-order valence-corrected chi connectivity index (χ1v) is 6.97. The van der Waals surface area contributed by atoms with Crippen molar-refractivity contribution in [1.82, 2.24) is 5.32 Å². The molecule has 0 aromatic rings. The zero-order chi connectivity index (χ0) is 13.3. The lowest BCUT2D eigenvalue weighted by Crippen LogP contribution is -2.43. The van der Waals surface area contributed by atoms with E-state index in [1.807, 2.05) is 0 Å². The van der Waals surface area contributed by atoms with Crippen molar-refractivity contribution < 1.29 is 14.7 Å². The maximum atomic E-state index is 11.6. The minimum Gasteiger partial charge on any atom is -0.480 e. The molecule has 2 rings (SSSR count). The highest BCUT2D eigenvalue weighted by molar-refractivity contribution is 5.89. The second-order valence-corrected chi connectivity index (χ2v) is 6.31. The van der Waals surface area contributed by atoms with Crippen LogP contribution < -0.4 is 5.32 Å². The maximum absolute atomic E-state index is 11.6. The molecule has 0 aromatic heterocycles. The van der Waals surface area contributed by atoms with Gasteiger partial charge in [-0.1, -0.05) is 26.7 Å². The van der Waals surface area contributed by atoms with Gasteiger partial charge in [0.2, 0.25) is 5.91 Å². The van der Waals surface area contributed by atoms with Gasteiger partial charge in [0.05, 0.1) is 0 Å². The molecule has 1 amide bonds. The van der Waals surface area contributed by atoms with Crippen LogP contribution in [0.15, 0.2) is 0 Å². The van der Waals surface area contributed by atoms with Gasteiger partial charge in [0.15, 0.2) is 0 Å². The van der Waals surface area contributed by atoms with E-state index < -0.39 is 12.0 Å². The van der Waals surface area contributed by atoms with Crippen molar-refractivity contribution in [1.29, 1.82) is 0 Å². The summed E-state index contributed by atoms with van der Waals surface area (Å²) in [6.07, 6.45) is 5.39. The zero-order valence-electron chi connectivity index (χ0n) is 11.2. The van der Waals surface area contributed by atoms with Crippen LogP contribution in [0.3, 0.4) is 0 Å². The SMILES string of the molecule is CC(C)C1CCCC2(CC1)CC(=O)NC2C(=O)O. The second-order valence-electron chi connectivity index (χ2n) is 6.31. The van der Waals surface area contributed by atoms with Gasteiger partial charge in [-0.3, -0.25) is 4.79 Å². The Balaban J connectivity index is 2.15. The van der Waals surface area contributed by atoms with Crippen LogP contribution in [0.4, 0.5) is 0 Å². The summed E-state index contributed by atoms with van der Waals surface area (Å²) in [5.41, 5.74) is -0.327. The number of aliphatic carboxylic acids is 1. The molecule has 1 heterocycles. The molecule has 0 bridgehead atoms. The Hall–Kier alpha value is -1.06. The van der Waals surface area contributed by atoms with Crippen molar-refractivity contribution in [3.63, 3.8) is 0 Å². The Morgan fingerprint density at radius 3 is 2.72 bits per heavy atom. The summed E-state index contributed by atoms with van der Waals surface area (Å²) in [6, 6.07) is -0.670. The van der Waals surface area contributed by atoms with Crippen molar-refractivity contribution in [2.24, 2.45) is 17.3 Å². The first kappa shape index (κ1) is 13.4. The number of nitrogens with one attached hydrogen (secondary N) is 1. The topological polar surface area (TPSA) is 66.4 Å². The fourth-order valence-corrected chi connectivity index (χ4v) is 3.70. The van der Waals surface area contributed by atoms with Crippen molar-refractivity contribution >= 4 is 11.9 Å². The van der Waals surface area contributed by atoms with Gasteiger partial charge in [-0.15, -0.1) is 0 Å². The fraction of sp³-hybridized carbons (Fsp3) is 0.857. The average Bonchev–Trinajstić information content (AvgIpc) is 2.46. The lowest BCUT2D eigenvalue weighted by Gasteiger charge is -2.30. The zero-order valence-corrected chi connectivity index (χ0v) is 11.2. The molecule has 4 heteroatoms. The molecular weight excluding hydrogens is 230 g/mol. The first-order valence-electron chi connectivity index (χ1n) is 6.97. The van der Waals surface area contributed by atoms with E-state index >= 15 is 0 Å². The molecule has 2 fully saturated rings. The smallest absolute Gasteiger partial charge is 0.326 e. The number of carbonyl (C=O) groups excluding carboxylic acids is 1. The number of hydrogen-bond donors (Lipinski definition) is 2. The Labute approximate surface area is 108 Å². The van der Waals surface area contributed by atoms with Crippen LogP contribution in [0.25, 0.3) is 0 Å². The quantitative estimate of drug-likeness (QED) is 0.792. The van der Waals surface area contributed by atoms with E-state index in [9.17, 15) is 14.7 Å². The third-order valence-electron chi connectivity index (χ3n) is 4.88. The number of carbonyl (C=O) groups is 2. The first-order chi connectivity index (χ1) is 8.44. The van der Waals surface area contributed by atoms with Gasteiger partial charge in [0, 0.05) is 11.8 Å². The van der Waals surface area contributed by atoms with Gasteiger partial charge < -0.3 is 10.4 Å². The van der Waals surface area contributed by atoms with E-state index in [0.717, 1.165) is 25.7 Å². The van der Waals surface area contributed by atoms with Gasteiger partial charge in [-0.25, -0.2) is 4.79 Å². The van der Waals surface area contributed by atoms with E-state index in [4.69, 9.17) is 0 Å². The number of carboxylic acid groups (broad SMARTS) is 1. The van der Waals surface area contributed by atoms with Crippen LogP contribution in [0, 0.1) is 17.3 Å². The molecule has 2 N–H and O–H groups in total. The average molecular weight is 253 g/mol. The molecule has 1 saturated heterocycles. The summed E-state index contributed by atoms with van der Waals surface area (Å²) in [7, 11) is 0. The third kappa shape index (κ3) is 2.38. The Kier molecular flexibility index (Phi) is 3.64. The molecule has 3 unspecified atom stereocenters. The monoisotopic (exact) mass is 253 g/mol. The molecule has 2 aliphatic rings. The van der Waals surface area contributed by atoms with E-state index in [2.05, 4.69) is 19.2 Å². The summed E-state index contributed by atoms with van der Waals surface area (Å²) >= 11 is 0. The van der Waals surface area contributed by atoms with Crippen LogP contribution >= 0.6 is 0 Å². The van der Waals surface area contributed by atoms with Crippen molar-refractivity contribution in [2.75, 3.05) is 0 Å². The number of rotatable bonds is 2. The van der Waals surface area contributed by atoms with Crippen LogP contribution in [-0.4, -0.2) is 23.0 Å². The fourth-order valence-electron chi connectivity index (χ4n) is 3.70. The van der Waals surface area contributed by atoms with Gasteiger partial charge in [-0.05, 0) is 31.1 Å². The second kappa shape index (κ2) is 4.90. The lowest BCUT2D eigenvalue weighted by atomic mass is 9.73. The molecule has 1 aliphatic heterocycles. The Morgan fingerprint density at radius 1 is 1.39 bits per heavy atom. The highest BCUT2D eigenvalue weighted by Gasteiger charge is 2.50. The molecule has 1 aliphatic carbocycles. The number of carboxylic acids is 1. The molecule has 4 nitrogen and oxygen atoms in total. The van der Waals surface area contributed by atoms with Gasteiger partial charge in [-0.2, -0.15) is 0 Å². The predicted molar refractivity (Wildman–Crippen MR) is 68.0 cm³/mol. The lowest BCUT2D eigenvalue weighted by molar-refractivity contribution is -0.142. The number of amides is 1. The summed E-state index contributed by atoms with van der Waals surface area (Å²) in [5.74, 6) is 0.359. The normalized spacial score (nSPS) is 36.7. The molecule has 1 saturated carbocycles. The molecule has 3 atom stereocenters. The Bertz CT molecular complexity index is 353. The van der Waals surface area contributed by atoms with Crippen LogP contribution in [0.1, 0.15) is 52.4 Å². The molecule has 0 aromatic carbocycles. The van der Waals surface area contributed by atoms with Crippen LogP contribution in [0.5, 0.6) is 0 Å². The summed E-state index contributed by atoms with van der Waals surface area (Å²) < 4.78 is 0. The minimum absolute atomic E-state index is 0.0922. The van der Waals surface area contributed by atoms with Gasteiger partial charge in [0.25, 0.3) is 0 Å². The van der Waals surface area contributed by atoms with E-state index in [1.54, 1.807) is 0 Å². The maximum Gasteiger partial charge on any atom is 0.326 e.